The van der Waals surface area contributed by atoms with Crippen LogP contribution in [0.2, 0.25) is 0 Å². The number of anilines is 1. The number of carbonyl (C=O) groups is 1. The second-order valence-electron chi connectivity index (χ2n) is 6.96. The molecule has 0 saturated carbocycles. The van der Waals surface area contributed by atoms with Gasteiger partial charge in [0.25, 0.3) is 0 Å². The summed E-state index contributed by atoms with van der Waals surface area (Å²) in [4.78, 5) is 15.2. The average molecular weight is 345 g/mol. The Kier molecular flexibility index (Phi) is 6.40. The normalized spacial score (nSPS) is 19.5. The number of carbonyl (C=O) groups excluding carboxylic acids is 1. The van der Waals surface area contributed by atoms with E-state index in [1.807, 2.05) is 25.1 Å². The lowest BCUT2D eigenvalue weighted by atomic mass is 9.78. The Morgan fingerprint density at radius 1 is 1.48 bits per heavy atom. The number of amides is 1. The zero-order chi connectivity index (χ0) is 18.4. The van der Waals surface area contributed by atoms with E-state index >= 15 is 0 Å². The van der Waals surface area contributed by atoms with E-state index in [1.165, 1.54) is 7.11 Å². The molecule has 2 rings (SSSR count). The molecule has 6 heteroatoms. The van der Waals surface area contributed by atoms with E-state index in [9.17, 15) is 4.79 Å². The summed E-state index contributed by atoms with van der Waals surface area (Å²) in [6.07, 6.45) is 0.733. The standard InChI is InChI=1S/C19H27N3O3/c1-6-25-16-10-17(19(2,3)12-21-18(23)11-24-5)22-15-8-7-13(20-4)9-14(15)16/h7-9,16-17,22H,6,10-12H2,1-3,5H3,(H,21,23). The van der Waals surface area contributed by atoms with E-state index in [0.717, 1.165) is 17.7 Å². The van der Waals surface area contributed by atoms with E-state index in [4.69, 9.17) is 16.0 Å². The van der Waals surface area contributed by atoms with Gasteiger partial charge < -0.3 is 20.1 Å². The summed E-state index contributed by atoms with van der Waals surface area (Å²) in [5.74, 6) is -0.116. The first-order valence-corrected chi connectivity index (χ1v) is 8.56. The zero-order valence-corrected chi connectivity index (χ0v) is 15.4. The number of nitrogens with one attached hydrogen (secondary N) is 2. The Hall–Kier alpha value is -2.10. The van der Waals surface area contributed by atoms with Crippen molar-refractivity contribution in [3.05, 3.63) is 35.2 Å². The first-order chi connectivity index (χ1) is 11.9. The van der Waals surface area contributed by atoms with Gasteiger partial charge in [-0.25, -0.2) is 4.85 Å². The monoisotopic (exact) mass is 345 g/mol. The fourth-order valence-electron chi connectivity index (χ4n) is 3.11. The van der Waals surface area contributed by atoms with Gasteiger partial charge in [-0.05, 0) is 31.0 Å². The molecule has 1 aliphatic rings. The molecule has 25 heavy (non-hydrogen) atoms. The number of rotatable bonds is 7. The summed E-state index contributed by atoms with van der Waals surface area (Å²) >= 11 is 0. The maximum absolute atomic E-state index is 11.7. The van der Waals surface area contributed by atoms with Gasteiger partial charge in [0.15, 0.2) is 5.69 Å². The molecule has 1 aromatic rings. The van der Waals surface area contributed by atoms with Crippen molar-refractivity contribution >= 4 is 17.3 Å². The summed E-state index contributed by atoms with van der Waals surface area (Å²) in [6.45, 7) is 14.7. The molecule has 1 aliphatic heterocycles. The van der Waals surface area contributed by atoms with Crippen LogP contribution in [0, 0.1) is 12.0 Å². The molecule has 0 saturated heterocycles. The van der Waals surface area contributed by atoms with Gasteiger partial charge in [-0.1, -0.05) is 19.9 Å². The fourth-order valence-corrected chi connectivity index (χ4v) is 3.11. The number of ether oxygens (including phenoxy) is 2. The van der Waals surface area contributed by atoms with Crippen LogP contribution >= 0.6 is 0 Å². The van der Waals surface area contributed by atoms with Gasteiger partial charge in [-0.3, -0.25) is 4.79 Å². The summed E-state index contributed by atoms with van der Waals surface area (Å²) in [7, 11) is 1.51. The second-order valence-corrected chi connectivity index (χ2v) is 6.96. The molecule has 0 bridgehead atoms. The van der Waals surface area contributed by atoms with Crippen LogP contribution in [0.1, 0.15) is 38.9 Å². The molecule has 2 N–H and O–H groups in total. The number of fused-ring (bicyclic) bond motifs is 1. The van der Waals surface area contributed by atoms with Gasteiger partial charge >= 0.3 is 0 Å². The van der Waals surface area contributed by atoms with Crippen LogP contribution in [0.3, 0.4) is 0 Å². The molecular formula is C19H27N3O3. The molecule has 2 unspecified atom stereocenters. The smallest absolute Gasteiger partial charge is 0.246 e. The third-order valence-electron chi connectivity index (χ3n) is 4.62. The van der Waals surface area contributed by atoms with Crippen molar-refractivity contribution in [1.82, 2.24) is 5.32 Å². The lowest BCUT2D eigenvalue weighted by Gasteiger charge is -2.42. The lowest BCUT2D eigenvalue weighted by Crippen LogP contribution is -2.47. The predicted octanol–water partition coefficient (Wildman–Crippen LogP) is 3.29. The molecule has 136 valence electrons. The van der Waals surface area contributed by atoms with Gasteiger partial charge in [-0.2, -0.15) is 0 Å². The number of methoxy groups -OCH3 is 1. The van der Waals surface area contributed by atoms with Crippen LogP contribution in [0.4, 0.5) is 11.4 Å². The first kappa shape index (κ1) is 19.2. The summed E-state index contributed by atoms with van der Waals surface area (Å²) in [6, 6.07) is 5.80. The molecule has 0 spiro atoms. The third-order valence-corrected chi connectivity index (χ3v) is 4.62. The first-order valence-electron chi connectivity index (χ1n) is 8.56. The highest BCUT2D eigenvalue weighted by Gasteiger charge is 2.36. The fraction of sp³-hybridized carbons (Fsp3) is 0.579. The van der Waals surface area contributed by atoms with Crippen molar-refractivity contribution in [2.24, 2.45) is 5.41 Å². The van der Waals surface area contributed by atoms with E-state index in [2.05, 4.69) is 29.3 Å². The van der Waals surface area contributed by atoms with Crippen LogP contribution in [-0.4, -0.2) is 38.8 Å². The Bertz CT molecular complexity index is 652. The minimum Gasteiger partial charge on any atom is -0.381 e. The van der Waals surface area contributed by atoms with Crippen LogP contribution in [0.15, 0.2) is 18.2 Å². The van der Waals surface area contributed by atoms with Gasteiger partial charge in [0.1, 0.15) is 6.61 Å². The molecule has 6 nitrogen and oxygen atoms in total. The highest BCUT2D eigenvalue weighted by Crippen LogP contribution is 2.41. The van der Waals surface area contributed by atoms with E-state index in [0.29, 0.717) is 18.8 Å². The van der Waals surface area contributed by atoms with Crippen LogP contribution < -0.4 is 10.6 Å². The van der Waals surface area contributed by atoms with Crippen LogP contribution in [0.25, 0.3) is 4.85 Å². The maximum atomic E-state index is 11.7. The van der Waals surface area contributed by atoms with Crippen molar-refractivity contribution < 1.29 is 14.3 Å². The Morgan fingerprint density at radius 2 is 2.24 bits per heavy atom. The molecule has 0 aromatic heterocycles. The zero-order valence-electron chi connectivity index (χ0n) is 15.4. The Morgan fingerprint density at radius 3 is 2.88 bits per heavy atom. The minimum atomic E-state index is -0.172. The summed E-state index contributed by atoms with van der Waals surface area (Å²) in [5.41, 5.74) is 2.48. The highest BCUT2D eigenvalue weighted by atomic mass is 16.5. The lowest BCUT2D eigenvalue weighted by molar-refractivity contribution is -0.125. The molecule has 0 fully saturated rings. The van der Waals surface area contributed by atoms with Crippen LogP contribution in [0.5, 0.6) is 0 Å². The van der Waals surface area contributed by atoms with Gasteiger partial charge in [-0.15, -0.1) is 0 Å². The number of nitrogens with zero attached hydrogens (tertiary/aromatic N) is 1. The van der Waals surface area contributed by atoms with Gasteiger partial charge in [0, 0.05) is 37.4 Å². The Labute approximate surface area is 149 Å². The molecule has 2 atom stereocenters. The Balaban J connectivity index is 2.17. The van der Waals surface area contributed by atoms with E-state index < -0.39 is 0 Å². The topological polar surface area (TPSA) is 64.0 Å². The average Bonchev–Trinajstić information content (AvgIpc) is 2.60. The third kappa shape index (κ3) is 4.71. The van der Waals surface area contributed by atoms with Gasteiger partial charge in [0.2, 0.25) is 5.91 Å². The predicted molar refractivity (Wildman–Crippen MR) is 97.8 cm³/mol. The largest absolute Gasteiger partial charge is 0.381 e. The van der Waals surface area contributed by atoms with E-state index in [-0.39, 0.29) is 30.1 Å². The van der Waals surface area contributed by atoms with Crippen molar-refractivity contribution in [2.75, 3.05) is 32.2 Å². The van der Waals surface area contributed by atoms with Crippen molar-refractivity contribution in [2.45, 2.75) is 39.3 Å². The van der Waals surface area contributed by atoms with Crippen molar-refractivity contribution in [3.8, 4) is 0 Å². The quantitative estimate of drug-likeness (QED) is 0.745. The summed E-state index contributed by atoms with van der Waals surface area (Å²) in [5, 5.41) is 6.49. The molecule has 1 aromatic carbocycles. The minimum absolute atomic E-state index is 0.0538. The molecule has 0 radical (unpaired) electrons. The molecular weight excluding hydrogens is 318 g/mol. The van der Waals surface area contributed by atoms with Crippen molar-refractivity contribution in [1.29, 1.82) is 0 Å². The number of benzene rings is 1. The molecule has 1 heterocycles. The summed E-state index contributed by atoms with van der Waals surface area (Å²) < 4.78 is 10.8. The molecule has 1 amide bonds. The SMILES string of the molecule is [C-]#[N+]c1ccc2c(c1)C(OCC)CC(C(C)(C)CNC(=O)COC)N2. The second kappa shape index (κ2) is 8.32. The number of hydrogen-bond donors (Lipinski definition) is 2. The van der Waals surface area contributed by atoms with Crippen LogP contribution in [-0.2, 0) is 14.3 Å². The van der Waals surface area contributed by atoms with Crippen molar-refractivity contribution in [3.63, 3.8) is 0 Å². The highest BCUT2D eigenvalue weighted by molar-refractivity contribution is 5.77. The number of hydrogen-bond acceptors (Lipinski definition) is 4. The van der Waals surface area contributed by atoms with E-state index in [1.54, 1.807) is 0 Å². The van der Waals surface area contributed by atoms with Gasteiger partial charge in [0.05, 0.1) is 12.7 Å². The maximum Gasteiger partial charge on any atom is 0.246 e. The molecule has 0 aliphatic carbocycles.